The summed E-state index contributed by atoms with van der Waals surface area (Å²) in [4.78, 5) is 1.00. The van der Waals surface area contributed by atoms with Gasteiger partial charge in [-0.05, 0) is 42.0 Å². The number of aliphatic hydroxyl groups excluding tert-OH is 1. The van der Waals surface area contributed by atoms with Crippen LogP contribution in [0.25, 0.3) is 0 Å². The lowest BCUT2D eigenvalue weighted by Crippen LogP contribution is -2.01. The van der Waals surface area contributed by atoms with E-state index in [2.05, 4.69) is 15.9 Å². The van der Waals surface area contributed by atoms with Crippen molar-refractivity contribution in [3.8, 4) is 0 Å². The SMILES string of the molecule is OC(CSc1ccc(Br)cc1)c1ccc(F)c(F)c1. The minimum Gasteiger partial charge on any atom is -0.388 e. The highest BCUT2D eigenvalue weighted by molar-refractivity contribution is 9.10. The van der Waals surface area contributed by atoms with Crippen LogP contribution < -0.4 is 0 Å². The fourth-order valence-corrected chi connectivity index (χ4v) is 2.66. The van der Waals surface area contributed by atoms with Crippen molar-refractivity contribution < 1.29 is 13.9 Å². The summed E-state index contributed by atoms with van der Waals surface area (Å²) in [7, 11) is 0. The number of thioether (sulfide) groups is 1. The van der Waals surface area contributed by atoms with Gasteiger partial charge in [0, 0.05) is 15.1 Å². The first kappa shape index (κ1) is 14.5. The standard InChI is InChI=1S/C14H11BrF2OS/c15-10-2-4-11(5-3-10)19-8-14(18)9-1-6-12(16)13(17)7-9/h1-7,14,18H,8H2. The molecule has 0 aliphatic heterocycles. The van der Waals surface area contributed by atoms with Crippen LogP contribution in [0, 0.1) is 11.6 Å². The predicted molar refractivity (Wildman–Crippen MR) is 76.2 cm³/mol. The van der Waals surface area contributed by atoms with Gasteiger partial charge in [-0.3, -0.25) is 0 Å². The van der Waals surface area contributed by atoms with Crippen molar-refractivity contribution in [3.05, 3.63) is 64.1 Å². The van der Waals surface area contributed by atoms with Crippen LogP contribution in [0.3, 0.4) is 0 Å². The fraction of sp³-hybridized carbons (Fsp3) is 0.143. The average molecular weight is 345 g/mol. The van der Waals surface area contributed by atoms with Crippen LogP contribution >= 0.6 is 27.7 Å². The second-order valence-electron chi connectivity index (χ2n) is 3.95. The summed E-state index contributed by atoms with van der Waals surface area (Å²) in [6, 6.07) is 11.1. The summed E-state index contributed by atoms with van der Waals surface area (Å²) in [6.07, 6.45) is -0.830. The van der Waals surface area contributed by atoms with Crippen LogP contribution in [0.1, 0.15) is 11.7 Å². The van der Waals surface area contributed by atoms with Gasteiger partial charge in [-0.15, -0.1) is 11.8 Å². The molecule has 1 unspecified atom stereocenters. The minimum atomic E-state index is -0.940. The van der Waals surface area contributed by atoms with Crippen molar-refractivity contribution in [3.63, 3.8) is 0 Å². The molecule has 1 nitrogen and oxygen atoms in total. The second kappa shape index (κ2) is 6.50. The molecule has 0 aliphatic carbocycles. The number of hydrogen-bond donors (Lipinski definition) is 1. The van der Waals surface area contributed by atoms with E-state index >= 15 is 0 Å². The molecule has 0 aliphatic rings. The first-order chi connectivity index (χ1) is 9.06. The third-order valence-electron chi connectivity index (χ3n) is 2.55. The molecule has 0 aromatic heterocycles. The summed E-state index contributed by atoms with van der Waals surface area (Å²) in [5.74, 6) is -1.46. The Balaban J connectivity index is 1.98. The molecule has 0 heterocycles. The normalized spacial score (nSPS) is 12.4. The van der Waals surface area contributed by atoms with Crippen molar-refractivity contribution in [2.45, 2.75) is 11.0 Å². The Morgan fingerprint density at radius 2 is 1.74 bits per heavy atom. The molecule has 0 bridgehead atoms. The van der Waals surface area contributed by atoms with E-state index < -0.39 is 17.7 Å². The first-order valence-corrected chi connectivity index (χ1v) is 7.35. The third-order valence-corrected chi connectivity index (χ3v) is 4.17. The molecule has 0 amide bonds. The van der Waals surface area contributed by atoms with Gasteiger partial charge >= 0.3 is 0 Å². The molecule has 0 saturated heterocycles. The molecule has 2 aromatic carbocycles. The summed E-state index contributed by atoms with van der Waals surface area (Å²) in [5.41, 5.74) is 0.378. The van der Waals surface area contributed by atoms with E-state index in [9.17, 15) is 13.9 Å². The molecule has 0 saturated carbocycles. The molecule has 2 rings (SSSR count). The zero-order valence-corrected chi connectivity index (χ0v) is 12.2. The molecule has 19 heavy (non-hydrogen) atoms. The molecule has 0 fully saturated rings. The molecular formula is C14H11BrF2OS. The van der Waals surface area contributed by atoms with Crippen molar-refractivity contribution in [1.82, 2.24) is 0 Å². The quantitative estimate of drug-likeness (QED) is 0.821. The van der Waals surface area contributed by atoms with E-state index in [4.69, 9.17) is 0 Å². The first-order valence-electron chi connectivity index (χ1n) is 5.57. The number of aliphatic hydroxyl groups is 1. The molecule has 1 atom stereocenters. The Morgan fingerprint density at radius 1 is 1.05 bits per heavy atom. The molecular weight excluding hydrogens is 334 g/mol. The third kappa shape index (κ3) is 4.03. The van der Waals surface area contributed by atoms with Crippen LogP contribution in [-0.4, -0.2) is 10.9 Å². The van der Waals surface area contributed by atoms with Crippen LogP contribution in [0.15, 0.2) is 51.8 Å². The van der Waals surface area contributed by atoms with Crippen LogP contribution in [-0.2, 0) is 0 Å². The Hall–Kier alpha value is -0.910. The van der Waals surface area contributed by atoms with Gasteiger partial charge in [0.1, 0.15) is 0 Å². The molecule has 2 aromatic rings. The predicted octanol–water partition coefficient (Wildman–Crippen LogP) is 4.55. The van der Waals surface area contributed by atoms with E-state index in [0.29, 0.717) is 11.3 Å². The maximum atomic E-state index is 13.0. The van der Waals surface area contributed by atoms with Gasteiger partial charge in [0.2, 0.25) is 0 Å². The molecule has 100 valence electrons. The van der Waals surface area contributed by atoms with Gasteiger partial charge < -0.3 is 5.11 Å². The largest absolute Gasteiger partial charge is 0.388 e. The average Bonchev–Trinajstić information content (AvgIpc) is 2.41. The minimum absolute atomic E-state index is 0.378. The highest BCUT2D eigenvalue weighted by Gasteiger charge is 2.11. The topological polar surface area (TPSA) is 20.2 Å². The summed E-state index contributed by atoms with van der Waals surface area (Å²) in [5, 5.41) is 9.93. The number of benzene rings is 2. The van der Waals surface area contributed by atoms with E-state index in [0.717, 1.165) is 21.5 Å². The zero-order chi connectivity index (χ0) is 13.8. The Morgan fingerprint density at radius 3 is 2.37 bits per heavy atom. The van der Waals surface area contributed by atoms with Gasteiger partial charge in [0.25, 0.3) is 0 Å². The Kier molecular flexibility index (Phi) is 4.96. The van der Waals surface area contributed by atoms with Crippen molar-refractivity contribution >= 4 is 27.7 Å². The Labute approximate surface area is 122 Å². The number of hydrogen-bond acceptors (Lipinski definition) is 2. The molecule has 0 spiro atoms. The maximum absolute atomic E-state index is 13.0. The van der Waals surface area contributed by atoms with Crippen LogP contribution in [0.2, 0.25) is 0 Å². The van der Waals surface area contributed by atoms with Gasteiger partial charge in [0.15, 0.2) is 11.6 Å². The lowest BCUT2D eigenvalue weighted by Gasteiger charge is -2.11. The lowest BCUT2D eigenvalue weighted by molar-refractivity contribution is 0.203. The van der Waals surface area contributed by atoms with Gasteiger partial charge in [0.05, 0.1) is 6.10 Å². The maximum Gasteiger partial charge on any atom is 0.159 e. The van der Waals surface area contributed by atoms with E-state index in [1.165, 1.54) is 17.8 Å². The lowest BCUT2D eigenvalue weighted by atomic mass is 10.1. The van der Waals surface area contributed by atoms with Crippen LogP contribution in [0.5, 0.6) is 0 Å². The van der Waals surface area contributed by atoms with E-state index in [1.807, 2.05) is 24.3 Å². The summed E-state index contributed by atoms with van der Waals surface area (Å²) in [6.45, 7) is 0. The summed E-state index contributed by atoms with van der Waals surface area (Å²) < 4.78 is 26.8. The fourth-order valence-electron chi connectivity index (χ4n) is 1.52. The van der Waals surface area contributed by atoms with E-state index in [-0.39, 0.29) is 0 Å². The van der Waals surface area contributed by atoms with Crippen molar-refractivity contribution in [2.24, 2.45) is 0 Å². The highest BCUT2D eigenvalue weighted by Crippen LogP contribution is 2.26. The number of rotatable bonds is 4. The molecule has 0 radical (unpaired) electrons. The van der Waals surface area contributed by atoms with Gasteiger partial charge in [-0.2, -0.15) is 0 Å². The number of halogens is 3. The highest BCUT2D eigenvalue weighted by atomic mass is 79.9. The molecule has 5 heteroatoms. The van der Waals surface area contributed by atoms with E-state index in [1.54, 1.807) is 0 Å². The Bertz CT molecular complexity index is 560. The van der Waals surface area contributed by atoms with Crippen molar-refractivity contribution in [1.29, 1.82) is 0 Å². The second-order valence-corrected chi connectivity index (χ2v) is 5.96. The van der Waals surface area contributed by atoms with Gasteiger partial charge in [-0.25, -0.2) is 8.78 Å². The van der Waals surface area contributed by atoms with Crippen molar-refractivity contribution in [2.75, 3.05) is 5.75 Å². The summed E-state index contributed by atoms with van der Waals surface area (Å²) >= 11 is 4.80. The monoisotopic (exact) mass is 344 g/mol. The molecule has 1 N–H and O–H groups in total. The smallest absolute Gasteiger partial charge is 0.159 e. The van der Waals surface area contributed by atoms with Crippen LogP contribution in [0.4, 0.5) is 8.78 Å². The van der Waals surface area contributed by atoms with Gasteiger partial charge in [-0.1, -0.05) is 22.0 Å². The zero-order valence-electron chi connectivity index (χ0n) is 9.82.